The predicted octanol–water partition coefficient (Wildman–Crippen LogP) is 2.37. The van der Waals surface area contributed by atoms with Crippen molar-refractivity contribution in [2.24, 2.45) is 0 Å². The molecule has 6 heteroatoms. The molecular weight excluding hydrogens is 258 g/mol. The van der Waals surface area contributed by atoms with Crippen molar-refractivity contribution in [3.05, 3.63) is 33.9 Å². The predicted molar refractivity (Wildman–Crippen MR) is 76.7 cm³/mol. The molecule has 108 valence electrons. The van der Waals surface area contributed by atoms with Gasteiger partial charge in [-0.15, -0.1) is 0 Å². The zero-order valence-electron chi connectivity index (χ0n) is 11.5. The highest BCUT2D eigenvalue weighted by Gasteiger charge is 2.22. The van der Waals surface area contributed by atoms with E-state index in [-0.39, 0.29) is 11.6 Å². The second-order valence-corrected chi connectivity index (χ2v) is 5.10. The number of benzene rings is 1. The Bertz CT molecular complexity index is 512. The third kappa shape index (κ3) is 3.94. The molecule has 1 aliphatic rings. The maximum Gasteiger partial charge on any atom is 0.292 e. The van der Waals surface area contributed by atoms with Crippen molar-refractivity contribution in [3.63, 3.8) is 0 Å². The highest BCUT2D eigenvalue weighted by Crippen LogP contribution is 2.27. The summed E-state index contributed by atoms with van der Waals surface area (Å²) >= 11 is 0. The van der Waals surface area contributed by atoms with E-state index in [1.807, 2.05) is 13.0 Å². The Morgan fingerprint density at radius 2 is 2.20 bits per heavy atom. The number of amides is 1. The highest BCUT2D eigenvalue weighted by atomic mass is 16.6. The first-order valence-electron chi connectivity index (χ1n) is 6.85. The Morgan fingerprint density at radius 3 is 2.85 bits per heavy atom. The number of anilines is 1. The van der Waals surface area contributed by atoms with Crippen LogP contribution in [0.2, 0.25) is 0 Å². The van der Waals surface area contributed by atoms with Crippen LogP contribution in [0.1, 0.15) is 31.2 Å². The zero-order valence-corrected chi connectivity index (χ0v) is 11.5. The summed E-state index contributed by atoms with van der Waals surface area (Å²) in [6.45, 7) is 2.37. The van der Waals surface area contributed by atoms with E-state index in [1.165, 1.54) is 6.07 Å². The van der Waals surface area contributed by atoms with Gasteiger partial charge in [-0.05, 0) is 31.7 Å². The molecule has 1 saturated carbocycles. The summed E-state index contributed by atoms with van der Waals surface area (Å²) in [5, 5.41) is 16.9. The summed E-state index contributed by atoms with van der Waals surface area (Å²) in [7, 11) is 0. The van der Waals surface area contributed by atoms with E-state index < -0.39 is 4.92 Å². The Morgan fingerprint density at radius 1 is 1.45 bits per heavy atom. The number of hydrogen-bond donors (Lipinski definition) is 2. The average Bonchev–Trinajstić information content (AvgIpc) is 3.19. The van der Waals surface area contributed by atoms with Gasteiger partial charge in [0.2, 0.25) is 5.91 Å². The van der Waals surface area contributed by atoms with Gasteiger partial charge in [0.05, 0.1) is 4.92 Å². The van der Waals surface area contributed by atoms with Crippen molar-refractivity contribution in [2.75, 3.05) is 11.9 Å². The Kier molecular flexibility index (Phi) is 4.55. The number of para-hydroxylation sites is 1. The molecule has 0 aromatic heterocycles. The molecule has 0 heterocycles. The number of nitro groups is 1. The third-order valence-electron chi connectivity index (χ3n) is 3.27. The van der Waals surface area contributed by atoms with Gasteiger partial charge in [-0.25, -0.2) is 0 Å². The van der Waals surface area contributed by atoms with E-state index in [4.69, 9.17) is 0 Å². The summed E-state index contributed by atoms with van der Waals surface area (Å²) in [6, 6.07) is 5.36. The van der Waals surface area contributed by atoms with Crippen molar-refractivity contribution in [1.29, 1.82) is 0 Å². The van der Waals surface area contributed by atoms with Crippen molar-refractivity contribution < 1.29 is 9.72 Å². The molecule has 0 spiro atoms. The number of carbonyl (C=O) groups excluding carboxylic acids is 1. The van der Waals surface area contributed by atoms with E-state index >= 15 is 0 Å². The fourth-order valence-corrected chi connectivity index (χ4v) is 2.02. The highest BCUT2D eigenvalue weighted by molar-refractivity contribution is 5.76. The molecule has 1 amide bonds. The monoisotopic (exact) mass is 277 g/mol. The first-order valence-corrected chi connectivity index (χ1v) is 6.85. The standard InChI is InChI=1S/C14H19N3O3/c1-10-4-2-5-12(17(19)20)14(10)15-9-3-6-13(18)16-11-7-8-11/h2,4-5,11,15H,3,6-9H2,1H3,(H,16,18). The number of nitrogens with zero attached hydrogens (tertiary/aromatic N) is 1. The lowest BCUT2D eigenvalue weighted by Crippen LogP contribution is -2.25. The largest absolute Gasteiger partial charge is 0.379 e. The first kappa shape index (κ1) is 14.3. The van der Waals surface area contributed by atoms with Gasteiger partial charge in [-0.3, -0.25) is 14.9 Å². The van der Waals surface area contributed by atoms with Crippen LogP contribution in [0.5, 0.6) is 0 Å². The number of nitro benzene ring substituents is 1. The first-order chi connectivity index (χ1) is 9.58. The fraction of sp³-hybridized carbons (Fsp3) is 0.500. The maximum absolute atomic E-state index is 11.5. The van der Waals surface area contributed by atoms with Crippen molar-refractivity contribution in [1.82, 2.24) is 5.32 Å². The van der Waals surface area contributed by atoms with Crippen LogP contribution in [0.25, 0.3) is 0 Å². The summed E-state index contributed by atoms with van der Waals surface area (Å²) in [5.74, 6) is 0.0635. The minimum absolute atomic E-state index is 0.0635. The average molecular weight is 277 g/mol. The molecule has 0 radical (unpaired) electrons. The van der Waals surface area contributed by atoms with Gasteiger partial charge in [-0.1, -0.05) is 12.1 Å². The molecule has 0 unspecified atom stereocenters. The van der Waals surface area contributed by atoms with Gasteiger partial charge in [0.1, 0.15) is 5.69 Å². The molecule has 0 bridgehead atoms. The molecule has 1 aromatic carbocycles. The molecule has 0 saturated heterocycles. The molecule has 1 aliphatic carbocycles. The summed E-state index contributed by atoms with van der Waals surface area (Å²) < 4.78 is 0. The van der Waals surface area contributed by atoms with E-state index in [0.29, 0.717) is 31.1 Å². The minimum atomic E-state index is -0.394. The summed E-state index contributed by atoms with van der Waals surface area (Å²) in [6.07, 6.45) is 3.27. The molecule has 1 fully saturated rings. The van der Waals surface area contributed by atoms with Gasteiger partial charge >= 0.3 is 0 Å². The lowest BCUT2D eigenvalue weighted by atomic mass is 10.1. The second kappa shape index (κ2) is 6.36. The van der Waals surface area contributed by atoms with Crippen molar-refractivity contribution >= 4 is 17.3 Å². The van der Waals surface area contributed by atoms with Gasteiger partial charge in [0, 0.05) is 25.1 Å². The van der Waals surface area contributed by atoms with Crippen molar-refractivity contribution in [2.45, 2.75) is 38.6 Å². The number of aryl methyl sites for hydroxylation is 1. The van der Waals surface area contributed by atoms with Crippen molar-refractivity contribution in [3.8, 4) is 0 Å². The molecule has 0 atom stereocenters. The number of carbonyl (C=O) groups is 1. The molecular formula is C14H19N3O3. The lowest BCUT2D eigenvalue weighted by molar-refractivity contribution is -0.384. The van der Waals surface area contributed by atoms with E-state index in [0.717, 1.165) is 18.4 Å². The van der Waals surface area contributed by atoms with Crippen LogP contribution in [0.3, 0.4) is 0 Å². The zero-order chi connectivity index (χ0) is 14.5. The van der Waals surface area contributed by atoms with Crippen LogP contribution >= 0.6 is 0 Å². The third-order valence-corrected chi connectivity index (χ3v) is 3.27. The Hall–Kier alpha value is -2.11. The van der Waals surface area contributed by atoms with Gasteiger partial charge in [0.25, 0.3) is 5.69 Å². The number of nitrogens with one attached hydrogen (secondary N) is 2. The minimum Gasteiger partial charge on any atom is -0.379 e. The smallest absolute Gasteiger partial charge is 0.292 e. The van der Waals surface area contributed by atoms with Gasteiger partial charge in [0.15, 0.2) is 0 Å². The van der Waals surface area contributed by atoms with E-state index in [9.17, 15) is 14.9 Å². The van der Waals surface area contributed by atoms with E-state index in [2.05, 4.69) is 10.6 Å². The van der Waals surface area contributed by atoms with Crippen LogP contribution < -0.4 is 10.6 Å². The SMILES string of the molecule is Cc1cccc([N+](=O)[O-])c1NCCCC(=O)NC1CC1. The Labute approximate surface area is 117 Å². The number of rotatable bonds is 7. The maximum atomic E-state index is 11.5. The van der Waals surface area contributed by atoms with Gasteiger partial charge < -0.3 is 10.6 Å². The van der Waals surface area contributed by atoms with Crippen LogP contribution in [-0.4, -0.2) is 23.4 Å². The van der Waals surface area contributed by atoms with Gasteiger partial charge in [-0.2, -0.15) is 0 Å². The molecule has 2 N–H and O–H groups in total. The molecule has 0 aliphatic heterocycles. The van der Waals surface area contributed by atoms with Crippen LogP contribution in [-0.2, 0) is 4.79 Å². The quantitative estimate of drug-likeness (QED) is 0.455. The van der Waals surface area contributed by atoms with Crippen LogP contribution in [0, 0.1) is 17.0 Å². The summed E-state index contributed by atoms with van der Waals surface area (Å²) in [5.41, 5.74) is 1.45. The van der Waals surface area contributed by atoms with Crippen LogP contribution in [0.15, 0.2) is 18.2 Å². The Balaban J connectivity index is 1.81. The number of hydrogen-bond acceptors (Lipinski definition) is 4. The topological polar surface area (TPSA) is 84.3 Å². The van der Waals surface area contributed by atoms with E-state index in [1.54, 1.807) is 6.07 Å². The normalized spacial score (nSPS) is 13.8. The molecule has 1 aromatic rings. The lowest BCUT2D eigenvalue weighted by Gasteiger charge is -2.09. The van der Waals surface area contributed by atoms with Crippen LogP contribution in [0.4, 0.5) is 11.4 Å². The molecule has 2 rings (SSSR count). The fourth-order valence-electron chi connectivity index (χ4n) is 2.02. The molecule has 6 nitrogen and oxygen atoms in total. The second-order valence-electron chi connectivity index (χ2n) is 5.10. The molecule has 20 heavy (non-hydrogen) atoms. The summed E-state index contributed by atoms with van der Waals surface area (Å²) in [4.78, 5) is 22.1.